The van der Waals surface area contributed by atoms with Crippen LogP contribution in [0.3, 0.4) is 0 Å². The van der Waals surface area contributed by atoms with Crippen molar-refractivity contribution in [3.8, 4) is 11.5 Å². The molecule has 0 saturated heterocycles. The molecule has 1 aromatic heterocycles. The van der Waals surface area contributed by atoms with Crippen molar-refractivity contribution in [1.29, 1.82) is 0 Å². The monoisotopic (exact) mass is 516 g/mol. The van der Waals surface area contributed by atoms with Gasteiger partial charge in [-0.25, -0.2) is 0 Å². The molecule has 0 radical (unpaired) electrons. The van der Waals surface area contributed by atoms with Crippen LogP contribution in [0, 0.1) is 0 Å². The van der Waals surface area contributed by atoms with Crippen LogP contribution in [-0.4, -0.2) is 29.7 Å². The second-order valence-corrected chi connectivity index (χ2v) is 9.03. The zero-order valence-corrected chi connectivity index (χ0v) is 23.3. The molecule has 0 N–H and O–H groups in total. The number of halogens is 1. The summed E-state index contributed by atoms with van der Waals surface area (Å²) in [5.41, 5.74) is 0.949. The van der Waals surface area contributed by atoms with Crippen LogP contribution in [0.1, 0.15) is 25.8 Å². The predicted octanol–water partition coefficient (Wildman–Crippen LogP) is 1.87. The Morgan fingerprint density at radius 3 is 2.53 bits per heavy atom. The number of oxazole rings is 1. The van der Waals surface area contributed by atoms with E-state index in [0.29, 0.717) is 42.1 Å². The zero-order valence-electron chi connectivity index (χ0n) is 20.6. The van der Waals surface area contributed by atoms with Crippen LogP contribution in [0.2, 0.25) is 5.02 Å². The second-order valence-electron chi connectivity index (χ2n) is 8.59. The summed E-state index contributed by atoms with van der Waals surface area (Å²) in [6.07, 6.45) is 0.718. The Labute approximate surface area is 237 Å². The van der Waals surface area contributed by atoms with Gasteiger partial charge in [0.15, 0.2) is 5.58 Å². The number of nitrogens with zero attached hydrogens (tertiary/aromatic N) is 2. The van der Waals surface area contributed by atoms with E-state index >= 15 is 0 Å². The number of hydrogen-bond acceptors (Lipinski definition) is 7. The molecule has 0 unspecified atom stereocenters. The van der Waals surface area contributed by atoms with Crippen molar-refractivity contribution in [2.75, 3.05) is 18.1 Å². The van der Waals surface area contributed by atoms with Crippen LogP contribution in [0.4, 0.5) is 6.01 Å². The van der Waals surface area contributed by atoms with Crippen molar-refractivity contribution in [3.63, 3.8) is 0 Å². The molecule has 0 saturated carbocycles. The van der Waals surface area contributed by atoms with Gasteiger partial charge in [-0.1, -0.05) is 35.9 Å². The molecule has 0 spiro atoms. The van der Waals surface area contributed by atoms with Gasteiger partial charge < -0.3 is 28.7 Å². The topological polar surface area (TPSA) is 87.9 Å². The Morgan fingerprint density at radius 2 is 1.81 bits per heavy atom. The molecule has 4 aromatic rings. The molecule has 0 aliphatic heterocycles. The van der Waals surface area contributed by atoms with Gasteiger partial charge in [0.25, 0.3) is 6.01 Å². The molecule has 3 aromatic carbocycles. The van der Waals surface area contributed by atoms with Gasteiger partial charge in [-0.15, -0.1) is 0 Å². The second kappa shape index (κ2) is 12.5. The van der Waals surface area contributed by atoms with Crippen LogP contribution >= 0.6 is 11.6 Å². The summed E-state index contributed by atoms with van der Waals surface area (Å²) < 4.78 is 17.5. The number of aliphatic carboxylic acids is 1. The third-order valence-electron chi connectivity index (χ3n) is 5.34. The first-order chi connectivity index (χ1) is 16.8. The number of ether oxygens (including phenoxy) is 2. The number of hydrogen-bond donors (Lipinski definition) is 0. The molecule has 0 atom stereocenters. The van der Waals surface area contributed by atoms with Crippen LogP contribution in [-0.2, 0) is 11.3 Å². The van der Waals surface area contributed by atoms with Gasteiger partial charge >= 0.3 is 29.6 Å². The van der Waals surface area contributed by atoms with E-state index in [1.807, 2.05) is 59.5 Å². The van der Waals surface area contributed by atoms with Crippen molar-refractivity contribution in [2.45, 2.75) is 32.4 Å². The maximum atomic E-state index is 11.3. The maximum Gasteiger partial charge on any atom is 1.00 e. The summed E-state index contributed by atoms with van der Waals surface area (Å²) >= 11 is 5.93. The number of para-hydroxylation sites is 2. The SMILES string of the molecule is CC(C)(Oc1cccc(CN(CCCOc2ccc(Cl)cc2)c2nc3ccccc3o2)c1)C(=O)[O-].[Na+]. The Morgan fingerprint density at radius 1 is 1.06 bits per heavy atom. The number of aromatic nitrogens is 1. The number of fused-ring (bicyclic) bond motifs is 1. The van der Waals surface area contributed by atoms with Crippen molar-refractivity contribution in [2.24, 2.45) is 0 Å². The first kappa shape index (κ1) is 27.9. The Balaban J connectivity index is 0.00000361. The predicted molar refractivity (Wildman–Crippen MR) is 133 cm³/mol. The number of carbonyl (C=O) groups is 1. The van der Waals surface area contributed by atoms with Crippen molar-refractivity contribution in [1.82, 2.24) is 4.98 Å². The van der Waals surface area contributed by atoms with E-state index in [0.717, 1.165) is 23.3 Å². The number of carbonyl (C=O) groups excluding carboxylic acids is 1. The largest absolute Gasteiger partial charge is 1.00 e. The average Bonchev–Trinajstić information content (AvgIpc) is 3.26. The van der Waals surface area contributed by atoms with E-state index in [1.54, 1.807) is 18.2 Å². The summed E-state index contributed by atoms with van der Waals surface area (Å²) in [5, 5.41) is 12.0. The number of benzene rings is 3. The smallest absolute Gasteiger partial charge is 0.546 e. The van der Waals surface area contributed by atoms with Crippen molar-refractivity contribution >= 4 is 34.7 Å². The fraction of sp³-hybridized carbons (Fsp3) is 0.259. The number of rotatable bonds is 11. The van der Waals surface area contributed by atoms with Crippen molar-refractivity contribution in [3.05, 3.63) is 83.4 Å². The number of anilines is 1. The molecule has 182 valence electrons. The molecule has 0 amide bonds. The molecular weight excluding hydrogens is 491 g/mol. The van der Waals surface area contributed by atoms with Crippen LogP contribution in [0.25, 0.3) is 11.1 Å². The summed E-state index contributed by atoms with van der Waals surface area (Å²) in [4.78, 5) is 18.0. The van der Waals surface area contributed by atoms with Gasteiger partial charge in [0.2, 0.25) is 0 Å². The van der Waals surface area contributed by atoms with Crippen LogP contribution in [0.15, 0.2) is 77.2 Å². The van der Waals surface area contributed by atoms with E-state index in [2.05, 4.69) is 4.98 Å². The quantitative estimate of drug-likeness (QED) is 0.222. The van der Waals surface area contributed by atoms with Gasteiger partial charge in [-0.05, 0) is 74.4 Å². The fourth-order valence-corrected chi connectivity index (χ4v) is 3.60. The minimum atomic E-state index is -1.45. The molecule has 0 aliphatic rings. The number of carboxylic acids is 1. The Hall–Kier alpha value is -2.71. The fourth-order valence-electron chi connectivity index (χ4n) is 3.48. The molecule has 0 bridgehead atoms. The molecule has 1 heterocycles. The van der Waals surface area contributed by atoms with Gasteiger partial charge in [-0.3, -0.25) is 0 Å². The molecule has 0 aliphatic carbocycles. The summed E-state index contributed by atoms with van der Waals surface area (Å²) in [7, 11) is 0. The summed E-state index contributed by atoms with van der Waals surface area (Å²) in [6.45, 7) is 4.52. The molecule has 36 heavy (non-hydrogen) atoms. The molecule has 9 heteroatoms. The third-order valence-corrected chi connectivity index (χ3v) is 5.60. The van der Waals surface area contributed by atoms with Crippen LogP contribution in [0.5, 0.6) is 11.5 Å². The van der Waals surface area contributed by atoms with Gasteiger partial charge in [0.05, 0.1) is 12.6 Å². The van der Waals surface area contributed by atoms with Crippen molar-refractivity contribution < 1.29 is 53.3 Å². The Bertz CT molecular complexity index is 1260. The average molecular weight is 517 g/mol. The van der Waals surface area contributed by atoms with Gasteiger partial charge in [0.1, 0.15) is 22.6 Å². The van der Waals surface area contributed by atoms with E-state index in [4.69, 9.17) is 25.5 Å². The van der Waals surface area contributed by atoms with Crippen LogP contribution < -0.4 is 49.0 Å². The minimum Gasteiger partial charge on any atom is -0.546 e. The first-order valence-corrected chi connectivity index (χ1v) is 11.7. The van der Waals surface area contributed by atoms with Gasteiger partial charge in [-0.2, -0.15) is 4.98 Å². The Kier molecular flexibility index (Phi) is 9.68. The molecule has 0 fully saturated rings. The first-order valence-electron chi connectivity index (χ1n) is 11.3. The van der Waals surface area contributed by atoms with E-state index in [9.17, 15) is 9.90 Å². The third kappa shape index (κ3) is 7.40. The number of carboxylic acid groups (broad SMARTS) is 1. The molecule has 7 nitrogen and oxygen atoms in total. The molecule has 4 rings (SSSR count). The molecular formula is C27H26ClN2NaO5. The summed E-state index contributed by atoms with van der Waals surface area (Å²) in [5.74, 6) is -0.0832. The van der Waals surface area contributed by atoms with E-state index in [-0.39, 0.29) is 29.6 Å². The maximum absolute atomic E-state index is 11.3. The summed E-state index contributed by atoms with van der Waals surface area (Å²) in [6, 6.07) is 22.6. The normalized spacial score (nSPS) is 11.1. The zero-order chi connectivity index (χ0) is 24.8. The van der Waals surface area contributed by atoms with Gasteiger partial charge in [0, 0.05) is 18.1 Å². The van der Waals surface area contributed by atoms with E-state index in [1.165, 1.54) is 13.8 Å². The van der Waals surface area contributed by atoms with E-state index < -0.39 is 11.6 Å². The minimum absolute atomic E-state index is 0. The standard InChI is InChI=1S/C27H27ClN2O5.Na/c1-27(2,25(31)32)35-22-8-5-7-19(17-22)18-30(26-29-23-9-3-4-10-24(23)34-26)15-6-16-33-21-13-11-20(28)12-14-21;/h3-5,7-14,17H,6,15-16,18H2,1-2H3,(H,31,32);/q;+1/p-1.